The third-order valence-electron chi connectivity index (χ3n) is 3.79. The fourth-order valence-electron chi connectivity index (χ4n) is 2.63. The molecule has 0 bridgehead atoms. The zero-order valence-corrected chi connectivity index (χ0v) is 10.9. The number of carbonyl (C=O) groups is 2. The average Bonchev–Trinajstić information content (AvgIpc) is 2.85. The highest BCUT2D eigenvalue weighted by Gasteiger charge is 2.20. The molecular weight excluding hydrogens is 230 g/mol. The largest absolute Gasteiger partial charge is 0.355 e. The minimum Gasteiger partial charge on any atom is -0.355 e. The highest BCUT2D eigenvalue weighted by atomic mass is 16.2. The molecule has 2 saturated heterocycles. The predicted octanol–water partition coefficient (Wildman–Crippen LogP) is 0.115. The predicted molar refractivity (Wildman–Crippen MR) is 69.0 cm³/mol. The van der Waals surface area contributed by atoms with E-state index in [0.717, 1.165) is 45.4 Å². The first-order valence-electron chi connectivity index (χ1n) is 7.01. The molecule has 2 fully saturated rings. The van der Waals surface area contributed by atoms with E-state index in [2.05, 4.69) is 10.6 Å². The standard InChI is InChI=1S/C13H23N3O2/c17-12(10-16-8-2-1-3-13(16)18)15-7-5-11-4-6-14-9-11/h11,14H,1-10H2,(H,15,17). The van der Waals surface area contributed by atoms with Crippen LogP contribution in [0.15, 0.2) is 0 Å². The summed E-state index contributed by atoms with van der Waals surface area (Å²) in [4.78, 5) is 24.9. The SMILES string of the molecule is O=C(CN1CCCCC1=O)NCCC1CCNC1. The van der Waals surface area contributed by atoms with Crippen molar-refractivity contribution in [2.24, 2.45) is 5.92 Å². The lowest BCUT2D eigenvalue weighted by Crippen LogP contribution is -2.43. The van der Waals surface area contributed by atoms with Gasteiger partial charge >= 0.3 is 0 Å². The van der Waals surface area contributed by atoms with Gasteiger partial charge in [-0.2, -0.15) is 0 Å². The van der Waals surface area contributed by atoms with Gasteiger partial charge in [0, 0.05) is 19.5 Å². The van der Waals surface area contributed by atoms with Crippen molar-refractivity contribution in [1.82, 2.24) is 15.5 Å². The molecule has 0 aromatic carbocycles. The Morgan fingerprint density at radius 3 is 3.06 bits per heavy atom. The molecule has 0 spiro atoms. The number of nitrogens with zero attached hydrogens (tertiary/aromatic N) is 1. The minimum atomic E-state index is -0.0174. The lowest BCUT2D eigenvalue weighted by molar-refractivity contribution is -0.137. The molecule has 5 heteroatoms. The monoisotopic (exact) mass is 253 g/mol. The Balaban J connectivity index is 1.60. The normalized spacial score (nSPS) is 24.3. The molecule has 1 unspecified atom stereocenters. The summed E-state index contributed by atoms with van der Waals surface area (Å²) in [6.07, 6.45) is 4.83. The van der Waals surface area contributed by atoms with Crippen molar-refractivity contribution in [3.63, 3.8) is 0 Å². The van der Waals surface area contributed by atoms with Crippen LogP contribution in [0.5, 0.6) is 0 Å². The summed E-state index contributed by atoms with van der Waals surface area (Å²) in [5.41, 5.74) is 0. The first-order chi connectivity index (χ1) is 8.75. The fraction of sp³-hybridized carbons (Fsp3) is 0.846. The first kappa shape index (κ1) is 13.3. The maximum Gasteiger partial charge on any atom is 0.239 e. The smallest absolute Gasteiger partial charge is 0.239 e. The van der Waals surface area contributed by atoms with Gasteiger partial charge in [-0.15, -0.1) is 0 Å². The third-order valence-corrected chi connectivity index (χ3v) is 3.79. The summed E-state index contributed by atoms with van der Waals surface area (Å²) in [6, 6.07) is 0. The summed E-state index contributed by atoms with van der Waals surface area (Å²) in [6.45, 7) is 3.87. The number of hydrogen-bond donors (Lipinski definition) is 2. The highest BCUT2D eigenvalue weighted by molar-refractivity contribution is 5.85. The van der Waals surface area contributed by atoms with Crippen LogP contribution in [0.25, 0.3) is 0 Å². The van der Waals surface area contributed by atoms with Crippen LogP contribution in [0, 0.1) is 5.92 Å². The number of piperidine rings is 1. The van der Waals surface area contributed by atoms with Crippen LogP contribution in [-0.2, 0) is 9.59 Å². The van der Waals surface area contributed by atoms with Gasteiger partial charge in [0.25, 0.3) is 0 Å². The van der Waals surface area contributed by atoms with Gasteiger partial charge in [-0.05, 0) is 44.7 Å². The van der Waals surface area contributed by atoms with Crippen LogP contribution < -0.4 is 10.6 Å². The maximum absolute atomic E-state index is 11.7. The van der Waals surface area contributed by atoms with Gasteiger partial charge in [-0.25, -0.2) is 0 Å². The Morgan fingerprint density at radius 2 is 2.33 bits per heavy atom. The van der Waals surface area contributed by atoms with Gasteiger partial charge in [0.05, 0.1) is 6.54 Å². The summed E-state index contributed by atoms with van der Waals surface area (Å²) >= 11 is 0. The number of carbonyl (C=O) groups excluding carboxylic acids is 2. The number of amides is 2. The van der Waals surface area contributed by atoms with E-state index in [-0.39, 0.29) is 18.4 Å². The van der Waals surface area contributed by atoms with E-state index in [0.29, 0.717) is 12.3 Å². The Kier molecular flexibility index (Phi) is 4.99. The molecule has 2 heterocycles. The van der Waals surface area contributed by atoms with Crippen LogP contribution in [0.1, 0.15) is 32.1 Å². The van der Waals surface area contributed by atoms with E-state index < -0.39 is 0 Å². The van der Waals surface area contributed by atoms with Gasteiger partial charge in [-0.3, -0.25) is 9.59 Å². The first-order valence-corrected chi connectivity index (χ1v) is 7.01. The van der Waals surface area contributed by atoms with Crippen LogP contribution in [-0.4, -0.2) is 49.4 Å². The summed E-state index contributed by atoms with van der Waals surface area (Å²) < 4.78 is 0. The van der Waals surface area contributed by atoms with Crippen molar-refractivity contribution in [2.75, 3.05) is 32.7 Å². The Bertz CT molecular complexity index is 301. The van der Waals surface area contributed by atoms with Gasteiger partial charge < -0.3 is 15.5 Å². The average molecular weight is 253 g/mol. The lowest BCUT2D eigenvalue weighted by atomic mass is 10.1. The van der Waals surface area contributed by atoms with Crippen molar-refractivity contribution in [3.05, 3.63) is 0 Å². The van der Waals surface area contributed by atoms with Gasteiger partial charge in [0.2, 0.25) is 11.8 Å². The zero-order chi connectivity index (χ0) is 12.8. The molecule has 0 saturated carbocycles. The molecule has 2 aliphatic rings. The second kappa shape index (κ2) is 6.73. The molecule has 0 aromatic rings. The van der Waals surface area contributed by atoms with Crippen molar-refractivity contribution in [3.8, 4) is 0 Å². The second-order valence-corrected chi connectivity index (χ2v) is 5.27. The molecule has 2 aliphatic heterocycles. The third kappa shape index (κ3) is 3.98. The van der Waals surface area contributed by atoms with E-state index in [9.17, 15) is 9.59 Å². The van der Waals surface area contributed by atoms with Crippen molar-refractivity contribution in [1.29, 1.82) is 0 Å². The molecule has 18 heavy (non-hydrogen) atoms. The zero-order valence-electron chi connectivity index (χ0n) is 10.9. The number of likely N-dealkylation sites (tertiary alicyclic amines) is 1. The molecular formula is C13H23N3O2. The van der Waals surface area contributed by atoms with Crippen molar-refractivity contribution >= 4 is 11.8 Å². The molecule has 0 aliphatic carbocycles. The molecule has 2 amide bonds. The summed E-state index contributed by atoms with van der Waals surface area (Å²) in [5, 5.41) is 6.23. The van der Waals surface area contributed by atoms with Crippen LogP contribution in [0.4, 0.5) is 0 Å². The van der Waals surface area contributed by atoms with E-state index in [1.807, 2.05) is 0 Å². The van der Waals surface area contributed by atoms with E-state index >= 15 is 0 Å². The summed E-state index contributed by atoms with van der Waals surface area (Å²) in [7, 11) is 0. The molecule has 0 aromatic heterocycles. The van der Waals surface area contributed by atoms with Crippen LogP contribution >= 0.6 is 0 Å². The van der Waals surface area contributed by atoms with Crippen molar-refractivity contribution in [2.45, 2.75) is 32.1 Å². The maximum atomic E-state index is 11.7. The summed E-state index contributed by atoms with van der Waals surface area (Å²) in [5.74, 6) is 0.800. The molecule has 0 radical (unpaired) electrons. The Morgan fingerprint density at radius 1 is 1.44 bits per heavy atom. The molecule has 102 valence electrons. The van der Waals surface area contributed by atoms with E-state index in [1.54, 1.807) is 4.90 Å². The quantitative estimate of drug-likeness (QED) is 0.731. The fourth-order valence-corrected chi connectivity index (χ4v) is 2.63. The molecule has 1 atom stereocenters. The Labute approximate surface area is 108 Å². The van der Waals surface area contributed by atoms with E-state index in [4.69, 9.17) is 0 Å². The van der Waals surface area contributed by atoms with Crippen molar-refractivity contribution < 1.29 is 9.59 Å². The van der Waals surface area contributed by atoms with Crippen LogP contribution in [0.3, 0.4) is 0 Å². The molecule has 5 nitrogen and oxygen atoms in total. The van der Waals surface area contributed by atoms with Gasteiger partial charge in [0.15, 0.2) is 0 Å². The number of nitrogens with one attached hydrogen (secondary N) is 2. The number of hydrogen-bond acceptors (Lipinski definition) is 3. The van der Waals surface area contributed by atoms with E-state index in [1.165, 1.54) is 6.42 Å². The molecule has 2 N–H and O–H groups in total. The van der Waals surface area contributed by atoms with Crippen LogP contribution in [0.2, 0.25) is 0 Å². The molecule has 2 rings (SSSR count). The Hall–Kier alpha value is -1.10. The second-order valence-electron chi connectivity index (χ2n) is 5.27. The topological polar surface area (TPSA) is 61.4 Å². The highest BCUT2D eigenvalue weighted by Crippen LogP contribution is 2.11. The lowest BCUT2D eigenvalue weighted by Gasteiger charge is -2.26. The minimum absolute atomic E-state index is 0.0174. The number of rotatable bonds is 5. The van der Waals surface area contributed by atoms with Gasteiger partial charge in [0.1, 0.15) is 0 Å². The van der Waals surface area contributed by atoms with Gasteiger partial charge in [-0.1, -0.05) is 0 Å².